The molecule has 172 valence electrons. The fourth-order valence-corrected chi connectivity index (χ4v) is 5.78. The van der Waals surface area contributed by atoms with Crippen LogP contribution in [0.1, 0.15) is 30.4 Å². The number of benzene rings is 1. The molecule has 4 atom stereocenters. The van der Waals surface area contributed by atoms with Crippen LogP contribution in [0, 0.1) is 5.92 Å². The molecule has 0 amide bonds. The van der Waals surface area contributed by atoms with Gasteiger partial charge in [-0.15, -0.1) is 11.8 Å². The highest BCUT2D eigenvalue weighted by Crippen LogP contribution is 2.34. The summed E-state index contributed by atoms with van der Waals surface area (Å²) >= 11 is 2.88. The van der Waals surface area contributed by atoms with Crippen molar-refractivity contribution in [2.24, 2.45) is 5.92 Å². The van der Waals surface area contributed by atoms with Gasteiger partial charge in [-0.2, -0.15) is 11.8 Å². The van der Waals surface area contributed by atoms with E-state index in [0.717, 1.165) is 29.1 Å². The van der Waals surface area contributed by atoms with E-state index in [1.165, 1.54) is 23.5 Å². The molecule has 1 aliphatic carbocycles. The van der Waals surface area contributed by atoms with Crippen molar-refractivity contribution in [2.75, 3.05) is 24.4 Å². The molecule has 0 aliphatic heterocycles. The third-order valence-corrected chi connectivity index (χ3v) is 7.65. The second kappa shape index (κ2) is 14.0. The average molecular weight is 469 g/mol. The van der Waals surface area contributed by atoms with Crippen molar-refractivity contribution in [3.05, 3.63) is 47.5 Å². The Morgan fingerprint density at radius 1 is 1.29 bits per heavy atom. The number of hydrogen-bond donors (Lipinski definition) is 3. The lowest BCUT2D eigenvalue weighted by Crippen LogP contribution is -2.22. The van der Waals surface area contributed by atoms with E-state index >= 15 is 0 Å². The van der Waals surface area contributed by atoms with Gasteiger partial charge in [-0.05, 0) is 41.9 Å². The molecule has 1 fully saturated rings. The maximum absolute atomic E-state index is 12.3. The third-order valence-electron chi connectivity index (χ3n) is 5.16. The summed E-state index contributed by atoms with van der Waals surface area (Å²) in [6.07, 6.45) is 4.31. The van der Waals surface area contributed by atoms with Crippen LogP contribution in [0.5, 0.6) is 0 Å². The Kier molecular flexibility index (Phi) is 11.7. The standard InChI is InChI=1S/C23H32O6S2/c1-29-14-17-6-3-2-5-16(17)7-8-18(24)9-10-19-20(25)13-21(26)23(19)31-12-4-11-30-15-22(27)28/h2-3,5-6,9-10,18-20,23-25H,4,7-8,11-15H2,1H3,(H,27,28). The van der Waals surface area contributed by atoms with Crippen molar-refractivity contribution < 1.29 is 29.6 Å². The Hall–Kier alpha value is -1.32. The molecule has 0 aromatic heterocycles. The van der Waals surface area contributed by atoms with Crippen molar-refractivity contribution in [1.82, 2.24) is 0 Å². The minimum Gasteiger partial charge on any atom is -0.481 e. The molecule has 4 unspecified atom stereocenters. The van der Waals surface area contributed by atoms with Crippen molar-refractivity contribution in [3.63, 3.8) is 0 Å². The molecular formula is C23H32O6S2. The molecule has 0 saturated heterocycles. The van der Waals surface area contributed by atoms with Gasteiger partial charge in [-0.25, -0.2) is 0 Å². The van der Waals surface area contributed by atoms with Crippen LogP contribution in [0.3, 0.4) is 0 Å². The van der Waals surface area contributed by atoms with Crippen LogP contribution in [-0.2, 0) is 27.4 Å². The predicted octanol–water partition coefficient (Wildman–Crippen LogP) is 2.94. The highest BCUT2D eigenvalue weighted by atomic mass is 32.2. The van der Waals surface area contributed by atoms with Crippen LogP contribution in [-0.4, -0.2) is 68.9 Å². The van der Waals surface area contributed by atoms with Gasteiger partial charge in [0.05, 0.1) is 29.8 Å². The zero-order valence-corrected chi connectivity index (χ0v) is 19.4. The smallest absolute Gasteiger partial charge is 0.313 e. The molecule has 2 rings (SSSR count). The molecule has 1 aliphatic rings. The lowest BCUT2D eigenvalue weighted by atomic mass is 9.99. The molecule has 1 saturated carbocycles. The van der Waals surface area contributed by atoms with Crippen LogP contribution in [0.25, 0.3) is 0 Å². The molecule has 3 N–H and O–H groups in total. The van der Waals surface area contributed by atoms with Gasteiger partial charge in [0.2, 0.25) is 0 Å². The first-order valence-electron chi connectivity index (χ1n) is 10.5. The molecule has 1 aromatic rings. The molecule has 6 nitrogen and oxygen atoms in total. The number of aliphatic hydroxyl groups is 2. The van der Waals surface area contributed by atoms with Gasteiger partial charge in [0.25, 0.3) is 0 Å². The van der Waals surface area contributed by atoms with E-state index in [0.29, 0.717) is 19.4 Å². The highest BCUT2D eigenvalue weighted by molar-refractivity contribution is 8.01. The molecule has 31 heavy (non-hydrogen) atoms. The average Bonchev–Trinajstić information content (AvgIpc) is 3.00. The lowest BCUT2D eigenvalue weighted by molar-refractivity contribution is -0.133. The minimum absolute atomic E-state index is 0.0355. The summed E-state index contributed by atoms with van der Waals surface area (Å²) < 4.78 is 5.22. The number of carboxylic acids is 1. The predicted molar refractivity (Wildman–Crippen MR) is 126 cm³/mol. The molecular weight excluding hydrogens is 436 g/mol. The monoisotopic (exact) mass is 468 g/mol. The number of carbonyl (C=O) groups is 2. The molecule has 0 radical (unpaired) electrons. The number of aliphatic hydroxyl groups excluding tert-OH is 2. The number of Topliss-reactive ketones (excluding diaryl/α,β-unsaturated/α-hetero) is 1. The van der Waals surface area contributed by atoms with Crippen LogP contribution in [0.4, 0.5) is 0 Å². The summed E-state index contributed by atoms with van der Waals surface area (Å²) in [6.45, 7) is 0.534. The lowest BCUT2D eigenvalue weighted by Gasteiger charge is -2.18. The first kappa shape index (κ1) is 25.9. The van der Waals surface area contributed by atoms with Gasteiger partial charge in [0.15, 0.2) is 0 Å². The number of carboxylic acid groups (broad SMARTS) is 1. The second-order valence-corrected chi connectivity index (χ2v) is 9.95. The van der Waals surface area contributed by atoms with Crippen molar-refractivity contribution in [2.45, 2.75) is 49.7 Å². The topological polar surface area (TPSA) is 104 Å². The number of rotatable bonds is 14. The quantitative estimate of drug-likeness (QED) is 0.283. The number of aliphatic carboxylic acids is 1. The van der Waals surface area contributed by atoms with Gasteiger partial charge >= 0.3 is 5.97 Å². The van der Waals surface area contributed by atoms with E-state index in [1.807, 2.05) is 24.3 Å². The number of carbonyl (C=O) groups excluding carboxylic acids is 1. The summed E-state index contributed by atoms with van der Waals surface area (Å²) in [7, 11) is 1.66. The molecule has 1 aromatic carbocycles. The van der Waals surface area contributed by atoms with E-state index < -0.39 is 18.2 Å². The number of ketones is 1. The molecule has 0 heterocycles. The van der Waals surface area contributed by atoms with E-state index in [9.17, 15) is 19.8 Å². The Balaban J connectivity index is 1.82. The molecule has 0 bridgehead atoms. The van der Waals surface area contributed by atoms with Crippen LogP contribution in [0.15, 0.2) is 36.4 Å². The summed E-state index contributed by atoms with van der Waals surface area (Å²) in [5, 5.41) is 29.0. The number of ether oxygens (including phenoxy) is 1. The summed E-state index contributed by atoms with van der Waals surface area (Å²) in [5.41, 5.74) is 2.25. The zero-order chi connectivity index (χ0) is 22.6. The zero-order valence-electron chi connectivity index (χ0n) is 17.8. The summed E-state index contributed by atoms with van der Waals surface area (Å²) in [6, 6.07) is 7.99. The number of thioether (sulfide) groups is 2. The van der Waals surface area contributed by atoms with Crippen molar-refractivity contribution >= 4 is 35.3 Å². The Bertz CT molecular complexity index is 739. The van der Waals surface area contributed by atoms with Crippen LogP contribution < -0.4 is 0 Å². The SMILES string of the molecule is COCc1ccccc1CCC(O)C=CC1C(O)CC(=O)C1SCCCSCC(=O)O. The first-order chi connectivity index (χ1) is 14.9. The minimum atomic E-state index is -0.822. The van der Waals surface area contributed by atoms with Crippen LogP contribution in [0.2, 0.25) is 0 Å². The Morgan fingerprint density at radius 2 is 2.03 bits per heavy atom. The van der Waals surface area contributed by atoms with Gasteiger partial charge in [0, 0.05) is 19.4 Å². The molecule has 0 spiro atoms. The van der Waals surface area contributed by atoms with E-state index in [-0.39, 0.29) is 29.1 Å². The summed E-state index contributed by atoms with van der Waals surface area (Å²) in [5.74, 6) is 0.460. The van der Waals surface area contributed by atoms with E-state index in [1.54, 1.807) is 19.3 Å². The maximum Gasteiger partial charge on any atom is 0.313 e. The van der Waals surface area contributed by atoms with Gasteiger partial charge in [-0.1, -0.05) is 36.4 Å². The van der Waals surface area contributed by atoms with Crippen LogP contribution >= 0.6 is 23.5 Å². The second-order valence-electron chi connectivity index (χ2n) is 7.60. The number of aryl methyl sites for hydroxylation is 1. The Labute approximate surface area is 192 Å². The van der Waals surface area contributed by atoms with E-state index in [4.69, 9.17) is 9.84 Å². The number of methoxy groups -OCH3 is 1. The third kappa shape index (κ3) is 8.98. The van der Waals surface area contributed by atoms with Gasteiger partial charge in [-0.3, -0.25) is 9.59 Å². The molecule has 8 heteroatoms. The van der Waals surface area contributed by atoms with Crippen molar-refractivity contribution in [1.29, 1.82) is 0 Å². The first-order valence-corrected chi connectivity index (χ1v) is 12.7. The normalized spacial score (nSPS) is 22.3. The Morgan fingerprint density at radius 3 is 2.74 bits per heavy atom. The fourth-order valence-electron chi connectivity index (χ4n) is 3.59. The van der Waals surface area contributed by atoms with E-state index in [2.05, 4.69) is 0 Å². The fraction of sp³-hybridized carbons (Fsp3) is 0.565. The van der Waals surface area contributed by atoms with Crippen molar-refractivity contribution in [3.8, 4) is 0 Å². The van der Waals surface area contributed by atoms with Gasteiger partial charge in [0.1, 0.15) is 5.78 Å². The highest BCUT2D eigenvalue weighted by Gasteiger charge is 2.40. The number of hydrogen-bond acceptors (Lipinski definition) is 7. The maximum atomic E-state index is 12.3. The largest absolute Gasteiger partial charge is 0.481 e. The van der Waals surface area contributed by atoms with Gasteiger partial charge < -0.3 is 20.1 Å². The summed E-state index contributed by atoms with van der Waals surface area (Å²) in [4.78, 5) is 22.8.